The molecule has 0 bridgehead atoms. The maximum atomic E-state index is 12.4. The van der Waals surface area contributed by atoms with Crippen LogP contribution in [0.25, 0.3) is 0 Å². The van der Waals surface area contributed by atoms with Crippen LogP contribution in [0.3, 0.4) is 0 Å². The quantitative estimate of drug-likeness (QED) is 0.626. The minimum absolute atomic E-state index is 0.00554. The highest BCUT2D eigenvalue weighted by atomic mass is 32.2. The number of carbonyl (C=O) groups excluding carboxylic acids is 1. The third kappa shape index (κ3) is 6.01. The van der Waals surface area contributed by atoms with Crippen LogP contribution in [0, 0.1) is 0 Å². The van der Waals surface area contributed by atoms with Gasteiger partial charge in [-0.1, -0.05) is 6.92 Å². The molecule has 0 radical (unpaired) electrons. The molecule has 0 spiro atoms. The van der Waals surface area contributed by atoms with E-state index >= 15 is 0 Å². The number of benzene rings is 1. The molecule has 0 aliphatic rings. The molecule has 1 aromatic carbocycles. The summed E-state index contributed by atoms with van der Waals surface area (Å²) in [6.45, 7) is 1.38. The predicted molar refractivity (Wildman–Crippen MR) is 107 cm³/mol. The smallest absolute Gasteiger partial charge is 0.244 e. The molecule has 2 rings (SSSR count). The van der Waals surface area contributed by atoms with Crippen LogP contribution < -0.4 is 10.0 Å². The van der Waals surface area contributed by atoms with Crippen LogP contribution in [0.1, 0.15) is 13.3 Å². The highest BCUT2D eigenvalue weighted by molar-refractivity contribution is 7.92. The monoisotopic (exact) mass is 426 g/mol. The first kappa shape index (κ1) is 21.8. The summed E-state index contributed by atoms with van der Waals surface area (Å²) in [5, 5.41) is 2.57. The third-order valence-electron chi connectivity index (χ3n) is 3.62. The summed E-state index contributed by atoms with van der Waals surface area (Å²) in [6, 6.07) is 8.97. The Morgan fingerprint density at radius 3 is 2.29 bits per heavy atom. The summed E-state index contributed by atoms with van der Waals surface area (Å²) in [5.41, 5.74) is 0.790. The number of anilines is 2. The van der Waals surface area contributed by atoms with Gasteiger partial charge in [0.2, 0.25) is 26.0 Å². The van der Waals surface area contributed by atoms with Gasteiger partial charge in [0.05, 0.1) is 12.3 Å². The fourth-order valence-electron chi connectivity index (χ4n) is 2.29. The highest BCUT2D eigenvalue weighted by Gasteiger charge is 2.23. The van der Waals surface area contributed by atoms with Crippen molar-refractivity contribution >= 4 is 37.3 Å². The van der Waals surface area contributed by atoms with Crippen molar-refractivity contribution in [2.45, 2.75) is 18.2 Å². The maximum absolute atomic E-state index is 12.4. The van der Waals surface area contributed by atoms with Crippen LogP contribution >= 0.6 is 0 Å². The minimum atomic E-state index is -3.83. The zero-order valence-electron chi connectivity index (χ0n) is 15.5. The second kappa shape index (κ2) is 9.13. The molecule has 0 saturated heterocycles. The summed E-state index contributed by atoms with van der Waals surface area (Å²) >= 11 is 0. The Morgan fingerprint density at radius 1 is 1.07 bits per heavy atom. The molecule has 0 unspecified atom stereocenters. The van der Waals surface area contributed by atoms with E-state index in [2.05, 4.69) is 15.0 Å². The van der Waals surface area contributed by atoms with E-state index in [9.17, 15) is 21.6 Å². The molecule has 9 nitrogen and oxygen atoms in total. The van der Waals surface area contributed by atoms with Gasteiger partial charge in [-0.2, -0.15) is 4.31 Å². The van der Waals surface area contributed by atoms with Gasteiger partial charge in [-0.05, 0) is 42.8 Å². The van der Waals surface area contributed by atoms with Crippen LogP contribution in [-0.4, -0.2) is 51.4 Å². The first-order valence-corrected chi connectivity index (χ1v) is 11.5. The molecular weight excluding hydrogens is 404 g/mol. The predicted octanol–water partition coefficient (Wildman–Crippen LogP) is 1.49. The summed E-state index contributed by atoms with van der Waals surface area (Å²) < 4.78 is 51.6. The van der Waals surface area contributed by atoms with E-state index < -0.39 is 26.0 Å². The van der Waals surface area contributed by atoms with Crippen molar-refractivity contribution in [2.24, 2.45) is 0 Å². The number of hydrogen-bond donors (Lipinski definition) is 2. The van der Waals surface area contributed by atoms with Gasteiger partial charge < -0.3 is 5.32 Å². The van der Waals surface area contributed by atoms with Crippen molar-refractivity contribution in [3.8, 4) is 0 Å². The summed E-state index contributed by atoms with van der Waals surface area (Å²) in [7, 11) is -5.92. The van der Waals surface area contributed by atoms with E-state index in [4.69, 9.17) is 0 Å². The molecule has 28 heavy (non-hydrogen) atoms. The largest absolute Gasteiger partial charge is 0.325 e. The van der Waals surface area contributed by atoms with Gasteiger partial charge in [0.1, 0.15) is 4.90 Å². The Hall–Kier alpha value is -2.50. The lowest BCUT2D eigenvalue weighted by Gasteiger charge is -2.16. The first-order chi connectivity index (χ1) is 13.1. The van der Waals surface area contributed by atoms with Gasteiger partial charge in [0, 0.05) is 30.8 Å². The lowest BCUT2D eigenvalue weighted by atomic mass is 10.3. The third-order valence-corrected chi connectivity index (χ3v) is 6.90. The Balaban J connectivity index is 1.98. The maximum Gasteiger partial charge on any atom is 0.244 e. The number of nitrogens with zero attached hydrogens (tertiary/aromatic N) is 2. The SMILES string of the molecule is CCCS(=O)(=O)Nc1ccc(NC(=O)CN(C)S(=O)(=O)c2cccnc2)cc1. The first-order valence-electron chi connectivity index (χ1n) is 8.41. The van der Waals surface area contributed by atoms with Crippen molar-refractivity contribution in [3.05, 3.63) is 48.8 Å². The Bertz CT molecular complexity index is 1010. The van der Waals surface area contributed by atoms with Crippen LogP contribution in [0.15, 0.2) is 53.7 Å². The van der Waals surface area contributed by atoms with Crippen LogP contribution in [0.2, 0.25) is 0 Å². The van der Waals surface area contributed by atoms with E-state index in [0.717, 1.165) is 4.31 Å². The molecule has 0 saturated carbocycles. The molecule has 2 N–H and O–H groups in total. The standard InChI is InChI=1S/C17H22N4O5S2/c1-3-11-27(23,24)20-15-8-6-14(7-9-15)19-17(22)13-21(2)28(25,26)16-5-4-10-18-12-16/h4-10,12,20H,3,11,13H2,1-2H3,(H,19,22). The van der Waals surface area contributed by atoms with E-state index in [-0.39, 0.29) is 17.2 Å². The lowest BCUT2D eigenvalue weighted by Crippen LogP contribution is -2.35. The average Bonchev–Trinajstić information content (AvgIpc) is 2.63. The number of amides is 1. The number of aromatic nitrogens is 1. The molecule has 0 fully saturated rings. The number of hydrogen-bond acceptors (Lipinski definition) is 6. The Labute approximate surface area is 164 Å². The van der Waals surface area contributed by atoms with E-state index in [1.54, 1.807) is 6.92 Å². The van der Waals surface area contributed by atoms with Crippen LogP contribution in [0.4, 0.5) is 11.4 Å². The van der Waals surface area contributed by atoms with Crippen molar-refractivity contribution in [1.82, 2.24) is 9.29 Å². The topological polar surface area (TPSA) is 126 Å². The zero-order chi connectivity index (χ0) is 20.8. The zero-order valence-corrected chi connectivity index (χ0v) is 17.1. The minimum Gasteiger partial charge on any atom is -0.325 e. The normalized spacial score (nSPS) is 12.0. The molecule has 1 aromatic heterocycles. The number of pyridine rings is 1. The van der Waals surface area contributed by atoms with Crippen molar-refractivity contribution in [2.75, 3.05) is 29.4 Å². The summed E-state index contributed by atoms with van der Waals surface area (Å²) in [6.07, 6.45) is 3.17. The van der Waals surface area contributed by atoms with Gasteiger partial charge in [-0.15, -0.1) is 0 Å². The average molecular weight is 427 g/mol. The Morgan fingerprint density at radius 2 is 1.71 bits per heavy atom. The molecule has 0 aliphatic heterocycles. The second-order valence-electron chi connectivity index (χ2n) is 6.00. The number of rotatable bonds is 9. The van der Waals surface area contributed by atoms with Crippen LogP contribution in [-0.2, 0) is 24.8 Å². The van der Waals surface area contributed by atoms with Gasteiger partial charge in [-0.3, -0.25) is 14.5 Å². The van der Waals surface area contributed by atoms with Crippen molar-refractivity contribution < 1.29 is 21.6 Å². The number of likely N-dealkylation sites (N-methyl/N-ethyl adjacent to an activating group) is 1. The molecule has 152 valence electrons. The molecule has 1 amide bonds. The Kier molecular flexibility index (Phi) is 7.11. The molecule has 0 aliphatic carbocycles. The van der Waals surface area contributed by atoms with Gasteiger partial charge in [0.25, 0.3) is 0 Å². The molecule has 1 heterocycles. The van der Waals surface area contributed by atoms with Gasteiger partial charge >= 0.3 is 0 Å². The van der Waals surface area contributed by atoms with E-state index in [1.807, 2.05) is 0 Å². The summed E-state index contributed by atoms with van der Waals surface area (Å²) in [4.78, 5) is 15.9. The molecular formula is C17H22N4O5S2. The second-order valence-corrected chi connectivity index (χ2v) is 9.88. The number of nitrogens with one attached hydrogen (secondary N) is 2. The summed E-state index contributed by atoms with van der Waals surface area (Å²) in [5.74, 6) is -0.516. The van der Waals surface area contributed by atoms with Gasteiger partial charge in [0.15, 0.2) is 0 Å². The molecule has 11 heteroatoms. The van der Waals surface area contributed by atoms with E-state index in [1.165, 1.54) is 55.8 Å². The van der Waals surface area contributed by atoms with Gasteiger partial charge in [-0.25, -0.2) is 16.8 Å². The number of carbonyl (C=O) groups is 1. The van der Waals surface area contributed by atoms with Crippen LogP contribution in [0.5, 0.6) is 0 Å². The fraction of sp³-hybridized carbons (Fsp3) is 0.294. The fourth-order valence-corrected chi connectivity index (χ4v) is 4.51. The molecule has 2 aromatic rings. The van der Waals surface area contributed by atoms with Crippen molar-refractivity contribution in [3.63, 3.8) is 0 Å². The van der Waals surface area contributed by atoms with E-state index in [0.29, 0.717) is 17.8 Å². The van der Waals surface area contributed by atoms with Crippen molar-refractivity contribution in [1.29, 1.82) is 0 Å². The highest BCUT2D eigenvalue weighted by Crippen LogP contribution is 2.16. The molecule has 0 atom stereocenters. The lowest BCUT2D eigenvalue weighted by molar-refractivity contribution is -0.116. The number of sulfonamides is 2.